The van der Waals surface area contributed by atoms with E-state index in [2.05, 4.69) is 20.9 Å². The van der Waals surface area contributed by atoms with Gasteiger partial charge in [0.15, 0.2) is 0 Å². The predicted octanol–water partition coefficient (Wildman–Crippen LogP) is 3.04. The second kappa shape index (κ2) is 5.18. The fourth-order valence-corrected chi connectivity index (χ4v) is 1.99. The molecule has 0 aliphatic carbocycles. The minimum atomic E-state index is -0.509. The number of primary amides is 1. The van der Waals surface area contributed by atoms with Gasteiger partial charge in [0.1, 0.15) is 5.75 Å². The Morgan fingerprint density at radius 1 is 1.33 bits per heavy atom. The van der Waals surface area contributed by atoms with Crippen LogP contribution < -0.4 is 10.5 Å². The molecule has 0 atom stereocenters. The molecule has 0 bridgehead atoms. The van der Waals surface area contributed by atoms with Crippen LogP contribution in [0.3, 0.4) is 0 Å². The van der Waals surface area contributed by atoms with Gasteiger partial charge in [-0.2, -0.15) is 0 Å². The Hall–Kier alpha value is -1.88. The fourth-order valence-electron chi connectivity index (χ4n) is 1.42. The number of benzene rings is 1. The van der Waals surface area contributed by atoms with E-state index in [1.165, 1.54) is 12.3 Å². The summed E-state index contributed by atoms with van der Waals surface area (Å²) < 4.78 is 6.42. The molecule has 4 nitrogen and oxygen atoms in total. The number of nitrogens with two attached hydrogens (primary N) is 1. The normalized spacial score (nSPS) is 10.1. The first-order chi connectivity index (χ1) is 8.56. The van der Waals surface area contributed by atoms with Crippen molar-refractivity contribution >= 4 is 21.8 Å². The highest BCUT2D eigenvalue weighted by Gasteiger charge is 2.06. The van der Waals surface area contributed by atoms with E-state index in [1.54, 1.807) is 6.07 Å². The van der Waals surface area contributed by atoms with Crippen molar-refractivity contribution in [2.45, 2.75) is 6.92 Å². The predicted molar refractivity (Wildman–Crippen MR) is 71.7 cm³/mol. The lowest BCUT2D eigenvalue weighted by molar-refractivity contribution is 0.1000. The quantitative estimate of drug-likeness (QED) is 0.948. The summed E-state index contributed by atoms with van der Waals surface area (Å²) in [4.78, 5) is 15.1. The molecule has 0 aliphatic rings. The highest BCUT2D eigenvalue weighted by atomic mass is 79.9. The molecule has 2 N–H and O–H groups in total. The van der Waals surface area contributed by atoms with Gasteiger partial charge in [-0.1, -0.05) is 6.07 Å². The zero-order chi connectivity index (χ0) is 13.1. The zero-order valence-corrected chi connectivity index (χ0v) is 11.3. The third-order valence-corrected chi connectivity index (χ3v) is 2.94. The number of carbonyl (C=O) groups excluding carboxylic acids is 1. The number of aryl methyl sites for hydroxylation is 1. The standard InChI is InChI=1S/C13H11BrN2O2/c1-8-2-3-11(10(14)6-8)18-12-7-9(13(15)17)4-5-16-12/h2-7H,1H3,(H2,15,17). The monoisotopic (exact) mass is 306 g/mol. The summed E-state index contributed by atoms with van der Waals surface area (Å²) >= 11 is 3.41. The van der Waals surface area contributed by atoms with Crippen molar-refractivity contribution in [2.24, 2.45) is 5.73 Å². The van der Waals surface area contributed by atoms with Crippen LogP contribution in [-0.4, -0.2) is 10.9 Å². The number of nitrogens with zero attached hydrogens (tertiary/aromatic N) is 1. The van der Waals surface area contributed by atoms with Crippen LogP contribution in [0.25, 0.3) is 0 Å². The van der Waals surface area contributed by atoms with Gasteiger partial charge in [0.25, 0.3) is 0 Å². The number of aromatic nitrogens is 1. The molecule has 2 rings (SSSR count). The minimum Gasteiger partial charge on any atom is -0.438 e. The minimum absolute atomic E-state index is 0.329. The molecular weight excluding hydrogens is 296 g/mol. The van der Waals surface area contributed by atoms with Crippen molar-refractivity contribution in [3.05, 3.63) is 52.1 Å². The fraction of sp³-hybridized carbons (Fsp3) is 0.0769. The molecular formula is C13H11BrN2O2. The van der Waals surface area contributed by atoms with Crippen molar-refractivity contribution in [1.82, 2.24) is 4.98 Å². The molecule has 2 aromatic rings. The average molecular weight is 307 g/mol. The van der Waals surface area contributed by atoms with Crippen LogP contribution in [0.1, 0.15) is 15.9 Å². The van der Waals surface area contributed by atoms with Gasteiger partial charge in [-0.15, -0.1) is 0 Å². The van der Waals surface area contributed by atoms with Crippen LogP contribution in [0.15, 0.2) is 41.0 Å². The van der Waals surface area contributed by atoms with Gasteiger partial charge in [-0.25, -0.2) is 4.98 Å². The van der Waals surface area contributed by atoms with Gasteiger partial charge in [0, 0.05) is 17.8 Å². The van der Waals surface area contributed by atoms with E-state index in [-0.39, 0.29) is 0 Å². The number of amides is 1. The Bertz CT molecular complexity index is 599. The van der Waals surface area contributed by atoms with Crippen molar-refractivity contribution in [3.63, 3.8) is 0 Å². The molecule has 5 heteroatoms. The van der Waals surface area contributed by atoms with Crippen molar-refractivity contribution in [1.29, 1.82) is 0 Å². The number of hydrogen-bond acceptors (Lipinski definition) is 3. The summed E-state index contributed by atoms with van der Waals surface area (Å²) in [5, 5.41) is 0. The van der Waals surface area contributed by atoms with E-state index in [0.29, 0.717) is 17.2 Å². The first kappa shape index (κ1) is 12.6. The van der Waals surface area contributed by atoms with Gasteiger partial charge in [0.2, 0.25) is 11.8 Å². The maximum atomic E-state index is 11.0. The van der Waals surface area contributed by atoms with Gasteiger partial charge < -0.3 is 10.5 Å². The van der Waals surface area contributed by atoms with Crippen LogP contribution in [0.5, 0.6) is 11.6 Å². The molecule has 92 valence electrons. The lowest BCUT2D eigenvalue weighted by Crippen LogP contribution is -2.10. The Morgan fingerprint density at radius 2 is 2.11 bits per heavy atom. The second-order valence-corrected chi connectivity index (χ2v) is 4.64. The van der Waals surface area contributed by atoms with Gasteiger partial charge in [0.05, 0.1) is 4.47 Å². The number of rotatable bonds is 3. The molecule has 0 saturated heterocycles. The Labute approximate surface area is 113 Å². The maximum Gasteiger partial charge on any atom is 0.248 e. The van der Waals surface area contributed by atoms with Crippen LogP contribution in [0, 0.1) is 6.92 Å². The molecule has 0 radical (unpaired) electrons. The summed E-state index contributed by atoms with van der Waals surface area (Å²) in [6.07, 6.45) is 1.48. The van der Waals surface area contributed by atoms with Gasteiger partial charge in [-0.3, -0.25) is 4.79 Å². The Balaban J connectivity index is 2.28. The number of ether oxygens (including phenoxy) is 1. The first-order valence-electron chi connectivity index (χ1n) is 5.26. The summed E-state index contributed by atoms with van der Waals surface area (Å²) in [6, 6.07) is 8.75. The molecule has 0 spiro atoms. The lowest BCUT2D eigenvalue weighted by Gasteiger charge is -2.07. The van der Waals surface area contributed by atoms with Crippen LogP contribution in [-0.2, 0) is 0 Å². The SMILES string of the molecule is Cc1ccc(Oc2cc(C(N)=O)ccn2)c(Br)c1. The topological polar surface area (TPSA) is 65.2 Å². The van der Waals surface area contributed by atoms with E-state index >= 15 is 0 Å². The van der Waals surface area contributed by atoms with Crippen LogP contribution in [0.4, 0.5) is 0 Å². The molecule has 0 unspecified atom stereocenters. The van der Waals surface area contributed by atoms with E-state index in [9.17, 15) is 4.79 Å². The lowest BCUT2D eigenvalue weighted by atomic mass is 10.2. The molecule has 1 heterocycles. The van der Waals surface area contributed by atoms with Crippen LogP contribution >= 0.6 is 15.9 Å². The highest BCUT2D eigenvalue weighted by molar-refractivity contribution is 9.10. The molecule has 0 saturated carbocycles. The van der Waals surface area contributed by atoms with Gasteiger partial charge >= 0.3 is 0 Å². The van der Waals surface area contributed by atoms with Crippen molar-refractivity contribution in [2.75, 3.05) is 0 Å². The van der Waals surface area contributed by atoms with E-state index < -0.39 is 5.91 Å². The van der Waals surface area contributed by atoms with Crippen molar-refractivity contribution < 1.29 is 9.53 Å². The number of pyridine rings is 1. The molecule has 0 fully saturated rings. The molecule has 18 heavy (non-hydrogen) atoms. The van der Waals surface area contributed by atoms with Crippen LogP contribution in [0.2, 0.25) is 0 Å². The van der Waals surface area contributed by atoms with E-state index in [0.717, 1.165) is 10.0 Å². The van der Waals surface area contributed by atoms with Gasteiger partial charge in [-0.05, 0) is 46.6 Å². The van der Waals surface area contributed by atoms with E-state index in [4.69, 9.17) is 10.5 Å². The molecule has 0 aliphatic heterocycles. The highest BCUT2D eigenvalue weighted by Crippen LogP contribution is 2.29. The first-order valence-corrected chi connectivity index (χ1v) is 6.05. The summed E-state index contributed by atoms with van der Waals surface area (Å²) in [6.45, 7) is 1.99. The van der Waals surface area contributed by atoms with Crippen molar-refractivity contribution in [3.8, 4) is 11.6 Å². The summed E-state index contributed by atoms with van der Waals surface area (Å²) in [5.41, 5.74) is 6.68. The third kappa shape index (κ3) is 2.87. The Morgan fingerprint density at radius 3 is 2.78 bits per heavy atom. The average Bonchev–Trinajstić information content (AvgIpc) is 2.33. The summed E-state index contributed by atoms with van der Waals surface area (Å²) in [7, 11) is 0. The number of hydrogen-bond donors (Lipinski definition) is 1. The zero-order valence-electron chi connectivity index (χ0n) is 9.68. The molecule has 1 amide bonds. The second-order valence-electron chi connectivity index (χ2n) is 3.78. The number of carbonyl (C=O) groups is 1. The van der Waals surface area contributed by atoms with E-state index in [1.807, 2.05) is 25.1 Å². The number of halogens is 1. The summed E-state index contributed by atoms with van der Waals surface area (Å²) in [5.74, 6) is 0.454. The Kier molecular flexibility index (Phi) is 3.62. The molecule has 1 aromatic carbocycles. The smallest absolute Gasteiger partial charge is 0.248 e. The maximum absolute atomic E-state index is 11.0. The largest absolute Gasteiger partial charge is 0.438 e. The third-order valence-electron chi connectivity index (χ3n) is 2.32. The molecule has 1 aromatic heterocycles.